The number of benzene rings is 2. The lowest BCUT2D eigenvalue weighted by Gasteiger charge is -2.07. The van der Waals surface area contributed by atoms with Crippen LogP contribution in [-0.2, 0) is 11.4 Å². The third-order valence-electron chi connectivity index (χ3n) is 3.64. The van der Waals surface area contributed by atoms with Gasteiger partial charge >= 0.3 is 0 Å². The molecule has 0 fully saturated rings. The van der Waals surface area contributed by atoms with E-state index in [0.29, 0.717) is 32.3 Å². The molecule has 6 nitrogen and oxygen atoms in total. The minimum absolute atomic E-state index is 0.0679. The molecule has 0 atom stereocenters. The van der Waals surface area contributed by atoms with Crippen molar-refractivity contribution < 1.29 is 18.7 Å². The first-order chi connectivity index (χ1) is 13.9. The summed E-state index contributed by atoms with van der Waals surface area (Å²) in [6.07, 6.45) is 0. The van der Waals surface area contributed by atoms with E-state index >= 15 is 0 Å². The predicted octanol–water partition coefficient (Wildman–Crippen LogP) is 5.19. The molecule has 3 rings (SSSR count). The molecule has 0 radical (unpaired) electrons. The minimum Gasteiger partial charge on any atom is -0.486 e. The first kappa shape index (κ1) is 21.0. The lowest BCUT2D eigenvalue weighted by Crippen LogP contribution is -2.32. The number of nitrogens with one attached hydrogen (secondary N) is 2. The number of furan rings is 1. The minimum atomic E-state index is -0.526. The monoisotopic (exact) mass is 452 g/mol. The number of halogens is 3. The highest BCUT2D eigenvalue weighted by atomic mass is 35.5. The van der Waals surface area contributed by atoms with Gasteiger partial charge in [0.1, 0.15) is 18.1 Å². The van der Waals surface area contributed by atoms with E-state index in [1.165, 1.54) is 6.07 Å². The number of anilines is 1. The molecule has 0 unspecified atom stereocenters. The topological polar surface area (TPSA) is 80.6 Å². The van der Waals surface area contributed by atoms with E-state index in [4.69, 9.17) is 44.0 Å². The van der Waals surface area contributed by atoms with Crippen LogP contribution < -0.4 is 15.4 Å². The van der Waals surface area contributed by atoms with Crippen LogP contribution in [0.3, 0.4) is 0 Å². The second-order valence-electron chi connectivity index (χ2n) is 5.90. The first-order valence-electron chi connectivity index (χ1n) is 8.40. The van der Waals surface area contributed by atoms with Crippen molar-refractivity contribution in [3.8, 4) is 5.75 Å². The van der Waals surface area contributed by atoms with Gasteiger partial charge in [-0.2, -0.15) is 0 Å². The average molecular weight is 454 g/mol. The zero-order valence-corrected chi connectivity index (χ0v) is 17.1. The molecule has 0 spiro atoms. The molecular weight excluding hydrogens is 439 g/mol. The first-order valence-corrected chi connectivity index (χ1v) is 9.53. The maximum Gasteiger partial charge on any atom is 0.287 e. The highest BCUT2D eigenvalue weighted by Crippen LogP contribution is 2.22. The van der Waals surface area contributed by atoms with Crippen molar-refractivity contribution in [1.29, 1.82) is 0 Å². The number of carbonyl (C=O) groups excluding carboxylic acids is 2. The molecule has 0 aliphatic carbocycles. The van der Waals surface area contributed by atoms with Gasteiger partial charge in [-0.15, -0.1) is 0 Å². The fraction of sp³-hybridized carbons (Fsp3) is 0.100. The third-order valence-corrected chi connectivity index (χ3v) is 4.32. The van der Waals surface area contributed by atoms with Gasteiger partial charge in [0.15, 0.2) is 5.76 Å². The summed E-state index contributed by atoms with van der Waals surface area (Å²) >= 11 is 17.6. The predicted molar refractivity (Wildman–Crippen MR) is 112 cm³/mol. The van der Waals surface area contributed by atoms with Gasteiger partial charge in [0, 0.05) is 20.8 Å². The van der Waals surface area contributed by atoms with Crippen LogP contribution in [0.15, 0.2) is 59.0 Å². The van der Waals surface area contributed by atoms with Crippen molar-refractivity contribution in [2.75, 3.05) is 11.9 Å². The Morgan fingerprint density at radius 2 is 1.59 bits per heavy atom. The molecule has 150 valence electrons. The third kappa shape index (κ3) is 6.42. The van der Waals surface area contributed by atoms with Crippen LogP contribution in [-0.4, -0.2) is 18.4 Å². The highest BCUT2D eigenvalue weighted by molar-refractivity contribution is 6.35. The Balaban J connectivity index is 1.48. The molecule has 2 amide bonds. The zero-order chi connectivity index (χ0) is 20.8. The summed E-state index contributed by atoms with van der Waals surface area (Å²) in [6.45, 7) is -0.106. The van der Waals surface area contributed by atoms with Gasteiger partial charge in [-0.1, -0.05) is 34.8 Å². The van der Waals surface area contributed by atoms with Crippen LogP contribution in [0, 0.1) is 0 Å². The Labute approximate surface area is 181 Å². The van der Waals surface area contributed by atoms with Crippen LogP contribution in [0.5, 0.6) is 5.75 Å². The zero-order valence-electron chi connectivity index (χ0n) is 14.9. The lowest BCUT2D eigenvalue weighted by atomic mass is 10.3. The quantitative estimate of drug-likeness (QED) is 0.516. The van der Waals surface area contributed by atoms with E-state index in [1.807, 2.05) is 0 Å². The fourth-order valence-electron chi connectivity index (χ4n) is 2.34. The molecule has 0 saturated carbocycles. The largest absolute Gasteiger partial charge is 0.486 e. The van der Waals surface area contributed by atoms with Gasteiger partial charge in [-0.3, -0.25) is 9.59 Å². The van der Waals surface area contributed by atoms with Crippen molar-refractivity contribution >= 4 is 52.3 Å². The molecule has 2 aromatic carbocycles. The number of amides is 2. The molecule has 29 heavy (non-hydrogen) atoms. The number of hydrogen-bond donors (Lipinski definition) is 2. The maximum atomic E-state index is 12.2. The van der Waals surface area contributed by atoms with Crippen LogP contribution in [0.25, 0.3) is 0 Å². The van der Waals surface area contributed by atoms with E-state index in [-0.39, 0.29) is 18.9 Å². The molecule has 0 bridgehead atoms. The normalized spacial score (nSPS) is 10.4. The van der Waals surface area contributed by atoms with E-state index in [2.05, 4.69) is 10.6 Å². The number of hydrogen-bond acceptors (Lipinski definition) is 4. The molecule has 1 aromatic heterocycles. The summed E-state index contributed by atoms with van der Waals surface area (Å²) in [5.41, 5.74) is 0.432. The van der Waals surface area contributed by atoms with Crippen molar-refractivity contribution in [3.63, 3.8) is 0 Å². The molecule has 1 heterocycles. The van der Waals surface area contributed by atoms with Gasteiger partial charge in [0.05, 0.1) is 6.54 Å². The SMILES string of the molecule is O=C(CNC(=O)c1ccc(COc2ccc(Cl)cc2)o1)Nc1cc(Cl)cc(Cl)c1. The highest BCUT2D eigenvalue weighted by Gasteiger charge is 2.13. The number of rotatable bonds is 7. The fourth-order valence-corrected chi connectivity index (χ4v) is 2.99. The molecule has 9 heteroatoms. The summed E-state index contributed by atoms with van der Waals surface area (Å²) in [6, 6.07) is 14.6. The van der Waals surface area contributed by atoms with E-state index in [0.717, 1.165) is 0 Å². The van der Waals surface area contributed by atoms with Gasteiger partial charge in [0.2, 0.25) is 5.91 Å². The van der Waals surface area contributed by atoms with Crippen molar-refractivity contribution in [3.05, 3.63) is 81.2 Å². The van der Waals surface area contributed by atoms with Crippen molar-refractivity contribution in [1.82, 2.24) is 5.32 Å². The molecule has 0 aliphatic rings. The van der Waals surface area contributed by atoms with Gasteiger partial charge < -0.3 is 19.8 Å². The Morgan fingerprint density at radius 1 is 0.897 bits per heavy atom. The Bertz CT molecular complexity index is 999. The Hall–Kier alpha value is -2.67. The standard InChI is InChI=1S/C20H15Cl3N2O4/c21-12-1-3-16(4-2-12)28-11-17-5-6-18(29-17)20(27)24-10-19(26)25-15-8-13(22)7-14(23)9-15/h1-9H,10-11H2,(H,24,27)(H,25,26). The smallest absolute Gasteiger partial charge is 0.287 e. The van der Waals surface area contributed by atoms with Crippen molar-refractivity contribution in [2.24, 2.45) is 0 Å². The summed E-state index contributed by atoms with van der Waals surface area (Å²) in [4.78, 5) is 24.1. The van der Waals surface area contributed by atoms with E-state index in [1.54, 1.807) is 48.5 Å². The number of ether oxygens (including phenoxy) is 1. The molecule has 2 N–H and O–H groups in total. The lowest BCUT2D eigenvalue weighted by molar-refractivity contribution is -0.115. The average Bonchev–Trinajstić information content (AvgIpc) is 3.14. The van der Waals surface area contributed by atoms with Gasteiger partial charge in [-0.25, -0.2) is 0 Å². The molecule has 0 aliphatic heterocycles. The van der Waals surface area contributed by atoms with Gasteiger partial charge in [0.25, 0.3) is 5.91 Å². The Morgan fingerprint density at radius 3 is 2.28 bits per heavy atom. The summed E-state index contributed by atoms with van der Waals surface area (Å²) < 4.78 is 11.0. The summed E-state index contributed by atoms with van der Waals surface area (Å²) in [7, 11) is 0. The summed E-state index contributed by atoms with van der Waals surface area (Å²) in [5.74, 6) is 0.188. The molecule has 3 aromatic rings. The second kappa shape index (κ2) is 9.69. The summed E-state index contributed by atoms with van der Waals surface area (Å²) in [5, 5.41) is 6.46. The van der Waals surface area contributed by atoms with E-state index in [9.17, 15) is 9.59 Å². The van der Waals surface area contributed by atoms with Crippen LogP contribution in [0.4, 0.5) is 5.69 Å². The maximum absolute atomic E-state index is 12.2. The molecular formula is C20H15Cl3N2O4. The van der Waals surface area contributed by atoms with Gasteiger partial charge in [-0.05, 0) is 54.6 Å². The number of carbonyl (C=O) groups is 2. The van der Waals surface area contributed by atoms with Crippen molar-refractivity contribution in [2.45, 2.75) is 6.61 Å². The van der Waals surface area contributed by atoms with E-state index < -0.39 is 11.8 Å². The van der Waals surface area contributed by atoms with Crippen LogP contribution in [0.1, 0.15) is 16.3 Å². The van der Waals surface area contributed by atoms with Crippen LogP contribution >= 0.6 is 34.8 Å². The van der Waals surface area contributed by atoms with Crippen LogP contribution in [0.2, 0.25) is 15.1 Å². The second-order valence-corrected chi connectivity index (χ2v) is 7.21. The Kier molecular flexibility index (Phi) is 7.04. The molecule has 0 saturated heterocycles.